The van der Waals surface area contributed by atoms with Gasteiger partial charge in [-0.1, -0.05) is 12.1 Å². The molecule has 4 nitrogen and oxygen atoms in total. The van der Waals surface area contributed by atoms with Gasteiger partial charge in [0.1, 0.15) is 5.75 Å². The van der Waals surface area contributed by atoms with Crippen molar-refractivity contribution in [1.29, 1.82) is 0 Å². The van der Waals surface area contributed by atoms with E-state index in [9.17, 15) is 18.0 Å². The summed E-state index contributed by atoms with van der Waals surface area (Å²) < 4.78 is 44.0. The number of alkyl halides is 3. The van der Waals surface area contributed by atoms with Crippen LogP contribution in [0.2, 0.25) is 0 Å². The summed E-state index contributed by atoms with van der Waals surface area (Å²) in [5, 5.41) is 1.80. The van der Waals surface area contributed by atoms with Crippen molar-refractivity contribution in [2.24, 2.45) is 0 Å². The maximum Gasteiger partial charge on any atom is 0.419 e. The molecule has 23 heavy (non-hydrogen) atoms. The Morgan fingerprint density at radius 3 is 2.70 bits per heavy atom. The van der Waals surface area contributed by atoms with Gasteiger partial charge in [-0.15, -0.1) is 11.3 Å². The monoisotopic (exact) mass is 344 g/mol. The van der Waals surface area contributed by atoms with Crippen molar-refractivity contribution in [3.8, 4) is 5.75 Å². The molecule has 1 amide bonds. The molecule has 0 fully saturated rings. The van der Waals surface area contributed by atoms with Crippen LogP contribution in [0.3, 0.4) is 0 Å². The minimum absolute atomic E-state index is 0.275. The lowest BCUT2D eigenvalue weighted by Gasteiger charge is -2.23. The molecule has 0 saturated heterocycles. The summed E-state index contributed by atoms with van der Waals surface area (Å²) in [6.07, 6.45) is -5.58. The Kier molecular flexibility index (Phi) is 5.25. The van der Waals surface area contributed by atoms with E-state index in [0.29, 0.717) is 5.69 Å². The zero-order chi connectivity index (χ0) is 17.0. The van der Waals surface area contributed by atoms with Crippen molar-refractivity contribution in [3.63, 3.8) is 0 Å². The van der Waals surface area contributed by atoms with Gasteiger partial charge in [0.15, 0.2) is 6.10 Å². The first-order valence-corrected chi connectivity index (χ1v) is 7.68. The molecule has 0 bridgehead atoms. The second-order valence-electron chi connectivity index (χ2n) is 4.93. The Balaban J connectivity index is 2.07. The maximum absolute atomic E-state index is 12.9. The normalized spacial score (nSPS) is 12.7. The average molecular weight is 344 g/mol. The highest BCUT2D eigenvalue weighted by atomic mass is 32.1. The SMILES string of the molecule is C[C@H](Oc1ccccc1C(F)(F)F)C(=O)N(C)Cc1cscn1. The molecule has 0 unspecified atom stereocenters. The zero-order valence-corrected chi connectivity index (χ0v) is 13.3. The van der Waals surface area contributed by atoms with E-state index < -0.39 is 23.8 Å². The summed E-state index contributed by atoms with van der Waals surface area (Å²) >= 11 is 1.40. The lowest BCUT2D eigenvalue weighted by molar-refractivity contribution is -0.143. The fourth-order valence-corrected chi connectivity index (χ4v) is 2.54. The van der Waals surface area contributed by atoms with Crippen molar-refractivity contribution in [2.75, 3.05) is 7.05 Å². The molecule has 1 heterocycles. The van der Waals surface area contributed by atoms with Crippen LogP contribution in [0.1, 0.15) is 18.2 Å². The van der Waals surface area contributed by atoms with E-state index in [4.69, 9.17) is 4.74 Å². The Morgan fingerprint density at radius 2 is 2.09 bits per heavy atom. The van der Waals surface area contributed by atoms with E-state index in [1.54, 1.807) is 17.9 Å². The molecule has 2 rings (SSSR count). The molecular formula is C15H15F3N2O2S. The van der Waals surface area contributed by atoms with E-state index in [2.05, 4.69) is 4.98 Å². The maximum atomic E-state index is 12.9. The van der Waals surface area contributed by atoms with Crippen LogP contribution in [0.15, 0.2) is 35.2 Å². The summed E-state index contributed by atoms with van der Waals surface area (Å²) in [6, 6.07) is 4.83. The predicted molar refractivity (Wildman–Crippen MR) is 80.1 cm³/mol. The second-order valence-corrected chi connectivity index (χ2v) is 5.65. The van der Waals surface area contributed by atoms with Crippen LogP contribution in [-0.4, -0.2) is 28.9 Å². The smallest absolute Gasteiger partial charge is 0.419 e. The van der Waals surface area contributed by atoms with Gasteiger partial charge in [-0.3, -0.25) is 4.79 Å². The number of aromatic nitrogens is 1. The molecule has 0 spiro atoms. The molecule has 1 aromatic carbocycles. The molecule has 0 saturated carbocycles. The Labute approximate surface area is 135 Å². The number of carbonyl (C=O) groups is 1. The van der Waals surface area contributed by atoms with Gasteiger partial charge in [0, 0.05) is 12.4 Å². The van der Waals surface area contributed by atoms with E-state index in [-0.39, 0.29) is 12.3 Å². The van der Waals surface area contributed by atoms with Gasteiger partial charge >= 0.3 is 6.18 Å². The number of ether oxygens (including phenoxy) is 1. The van der Waals surface area contributed by atoms with Gasteiger partial charge in [0.05, 0.1) is 23.3 Å². The fourth-order valence-electron chi connectivity index (χ4n) is 1.99. The topological polar surface area (TPSA) is 42.4 Å². The fraction of sp³-hybridized carbons (Fsp3) is 0.333. The average Bonchev–Trinajstić information content (AvgIpc) is 2.98. The van der Waals surface area contributed by atoms with E-state index in [1.165, 1.54) is 41.4 Å². The van der Waals surface area contributed by atoms with Gasteiger partial charge in [-0.05, 0) is 19.1 Å². The minimum Gasteiger partial charge on any atom is -0.480 e. The van der Waals surface area contributed by atoms with Crippen LogP contribution in [-0.2, 0) is 17.5 Å². The predicted octanol–water partition coefficient (Wildman–Crippen LogP) is 3.59. The van der Waals surface area contributed by atoms with Crippen LogP contribution in [0.5, 0.6) is 5.75 Å². The van der Waals surface area contributed by atoms with Crippen molar-refractivity contribution >= 4 is 17.2 Å². The summed E-state index contributed by atoms with van der Waals surface area (Å²) in [4.78, 5) is 17.7. The molecule has 124 valence electrons. The largest absolute Gasteiger partial charge is 0.480 e. The lowest BCUT2D eigenvalue weighted by Crippen LogP contribution is -2.37. The first-order valence-electron chi connectivity index (χ1n) is 6.74. The van der Waals surface area contributed by atoms with Crippen LogP contribution in [0.4, 0.5) is 13.2 Å². The summed E-state index contributed by atoms with van der Waals surface area (Å²) in [5.41, 5.74) is 1.46. The Bertz CT molecular complexity index is 659. The first-order chi connectivity index (χ1) is 10.8. The number of thiazole rings is 1. The standard InChI is InChI=1S/C15H15F3N2O2S/c1-10(14(21)20(2)7-11-8-23-9-19-11)22-13-6-4-3-5-12(13)15(16,17)18/h3-6,8-10H,7H2,1-2H3/t10-/m0/s1. The van der Waals surface area contributed by atoms with Crippen molar-refractivity contribution < 1.29 is 22.7 Å². The molecule has 0 aliphatic rings. The number of carbonyl (C=O) groups excluding carboxylic acids is 1. The number of halogens is 3. The number of hydrogen-bond acceptors (Lipinski definition) is 4. The van der Waals surface area contributed by atoms with Crippen molar-refractivity contribution in [2.45, 2.75) is 25.7 Å². The van der Waals surface area contributed by atoms with Gasteiger partial charge < -0.3 is 9.64 Å². The molecule has 2 aromatic rings. The van der Waals surface area contributed by atoms with E-state index in [1.807, 2.05) is 0 Å². The molecule has 0 radical (unpaired) electrons. The third-order valence-electron chi connectivity index (χ3n) is 3.10. The summed E-state index contributed by atoms with van der Waals surface area (Å²) in [6.45, 7) is 1.70. The first kappa shape index (κ1) is 17.3. The third kappa shape index (κ3) is 4.44. The van der Waals surface area contributed by atoms with Gasteiger partial charge in [0.25, 0.3) is 5.91 Å². The van der Waals surface area contributed by atoms with Gasteiger partial charge in [-0.2, -0.15) is 13.2 Å². The van der Waals surface area contributed by atoms with Gasteiger partial charge in [0.2, 0.25) is 0 Å². The number of nitrogens with zero attached hydrogens (tertiary/aromatic N) is 2. The van der Waals surface area contributed by atoms with Crippen molar-refractivity contribution in [1.82, 2.24) is 9.88 Å². The van der Waals surface area contributed by atoms with E-state index >= 15 is 0 Å². The highest BCUT2D eigenvalue weighted by Crippen LogP contribution is 2.36. The summed E-state index contributed by atoms with van der Waals surface area (Å²) in [5.74, 6) is -0.780. The summed E-state index contributed by atoms with van der Waals surface area (Å²) in [7, 11) is 1.55. The van der Waals surface area contributed by atoms with Crippen molar-refractivity contribution in [3.05, 3.63) is 46.4 Å². The van der Waals surface area contributed by atoms with Crippen LogP contribution in [0.25, 0.3) is 0 Å². The Hall–Kier alpha value is -2.09. The van der Waals surface area contributed by atoms with Gasteiger partial charge in [-0.25, -0.2) is 4.98 Å². The molecule has 0 aliphatic heterocycles. The van der Waals surface area contributed by atoms with Crippen LogP contribution >= 0.6 is 11.3 Å². The van der Waals surface area contributed by atoms with E-state index in [0.717, 1.165) is 6.07 Å². The molecule has 8 heteroatoms. The number of benzene rings is 1. The second kappa shape index (κ2) is 6.99. The molecule has 1 atom stereocenters. The Morgan fingerprint density at radius 1 is 1.39 bits per heavy atom. The molecule has 1 aromatic heterocycles. The molecule has 0 N–H and O–H groups in total. The zero-order valence-electron chi connectivity index (χ0n) is 12.5. The highest BCUT2D eigenvalue weighted by Gasteiger charge is 2.35. The number of amides is 1. The highest BCUT2D eigenvalue weighted by molar-refractivity contribution is 7.07. The number of para-hydroxylation sites is 1. The van der Waals surface area contributed by atoms with Crippen LogP contribution in [0, 0.1) is 0 Å². The van der Waals surface area contributed by atoms with Crippen LogP contribution < -0.4 is 4.74 Å². The minimum atomic E-state index is -4.54. The third-order valence-corrected chi connectivity index (χ3v) is 3.74. The lowest BCUT2D eigenvalue weighted by atomic mass is 10.2. The quantitative estimate of drug-likeness (QED) is 0.832. The molecule has 0 aliphatic carbocycles. The molecular weight excluding hydrogens is 329 g/mol. The number of hydrogen-bond donors (Lipinski definition) is 0. The number of rotatable bonds is 5. The number of likely N-dealkylation sites (N-methyl/N-ethyl adjacent to an activating group) is 1.